The third-order valence-electron chi connectivity index (χ3n) is 3.85. The van der Waals surface area contributed by atoms with Crippen molar-refractivity contribution in [2.24, 2.45) is 0 Å². The van der Waals surface area contributed by atoms with Crippen LogP contribution in [0.25, 0.3) is 0 Å². The van der Waals surface area contributed by atoms with E-state index in [0.717, 1.165) is 30.0 Å². The van der Waals surface area contributed by atoms with E-state index in [4.69, 9.17) is 0 Å². The van der Waals surface area contributed by atoms with Gasteiger partial charge in [0.2, 0.25) is 5.91 Å². The van der Waals surface area contributed by atoms with Crippen molar-refractivity contribution in [3.05, 3.63) is 29.8 Å². The number of benzene rings is 1. The number of para-hydroxylation sites is 1. The molecule has 0 radical (unpaired) electrons. The maximum atomic E-state index is 12.8. The summed E-state index contributed by atoms with van der Waals surface area (Å²) in [5.74, 6) is 3.57. The molecule has 2 aliphatic heterocycles. The van der Waals surface area contributed by atoms with E-state index >= 15 is 0 Å². The zero-order valence-electron chi connectivity index (χ0n) is 11.2. The lowest BCUT2D eigenvalue weighted by Gasteiger charge is -2.37. The Bertz CT molecular complexity index is 471. The van der Waals surface area contributed by atoms with Gasteiger partial charge in [-0.05, 0) is 31.4 Å². The highest BCUT2D eigenvalue weighted by atomic mass is 32.2. The minimum Gasteiger partial charge on any atom is -0.308 e. The zero-order valence-corrected chi connectivity index (χ0v) is 12.8. The number of aryl methyl sites for hydroxylation is 1. The number of amides is 1. The van der Waals surface area contributed by atoms with E-state index < -0.39 is 0 Å². The van der Waals surface area contributed by atoms with Gasteiger partial charge >= 0.3 is 0 Å². The quantitative estimate of drug-likeness (QED) is 0.793. The molecule has 2 aliphatic rings. The molecule has 2 heterocycles. The first-order valence-electron chi connectivity index (χ1n) is 6.87. The summed E-state index contributed by atoms with van der Waals surface area (Å²) in [5, 5.41) is 0.146. The highest BCUT2D eigenvalue weighted by Gasteiger charge is 2.33. The van der Waals surface area contributed by atoms with E-state index in [9.17, 15) is 4.79 Å². The standard InChI is InChI=1S/C15H19NOS2/c1-11-6-7-12-4-2-3-5-13(12)16(11)15(17)14-10-18-8-9-19-14/h2-5,11,14H,6-10H2,1H3. The van der Waals surface area contributed by atoms with Gasteiger partial charge < -0.3 is 4.90 Å². The molecule has 0 N–H and O–H groups in total. The Kier molecular flexibility index (Phi) is 4.08. The van der Waals surface area contributed by atoms with Gasteiger partial charge in [0.15, 0.2) is 0 Å². The minimum atomic E-state index is 0.146. The average molecular weight is 293 g/mol. The Morgan fingerprint density at radius 1 is 1.32 bits per heavy atom. The van der Waals surface area contributed by atoms with Gasteiger partial charge in [-0.2, -0.15) is 11.8 Å². The molecule has 1 aromatic rings. The van der Waals surface area contributed by atoms with E-state index in [2.05, 4.69) is 30.0 Å². The summed E-state index contributed by atoms with van der Waals surface area (Å²) in [4.78, 5) is 14.9. The minimum absolute atomic E-state index is 0.146. The van der Waals surface area contributed by atoms with Crippen molar-refractivity contribution in [2.75, 3.05) is 22.2 Å². The molecular weight excluding hydrogens is 274 g/mol. The number of rotatable bonds is 1. The molecule has 0 aromatic heterocycles. The summed E-state index contributed by atoms with van der Waals surface area (Å²) >= 11 is 3.74. The molecule has 1 aromatic carbocycles. The molecule has 19 heavy (non-hydrogen) atoms. The van der Waals surface area contributed by atoms with Crippen molar-refractivity contribution in [1.82, 2.24) is 0 Å². The lowest BCUT2D eigenvalue weighted by atomic mass is 9.96. The molecule has 0 saturated carbocycles. The van der Waals surface area contributed by atoms with Crippen molar-refractivity contribution < 1.29 is 4.79 Å². The number of carbonyl (C=O) groups excluding carboxylic acids is 1. The summed E-state index contributed by atoms with van der Waals surface area (Å²) in [6.07, 6.45) is 2.17. The van der Waals surface area contributed by atoms with Crippen LogP contribution in [0.4, 0.5) is 5.69 Å². The molecular formula is C15H19NOS2. The molecule has 1 amide bonds. The third-order valence-corrected chi connectivity index (χ3v) is 6.59. The molecule has 102 valence electrons. The Morgan fingerprint density at radius 2 is 2.16 bits per heavy atom. The second-order valence-corrected chi connectivity index (χ2v) is 7.62. The van der Waals surface area contributed by atoms with Crippen LogP contribution in [0.2, 0.25) is 0 Å². The maximum Gasteiger partial charge on any atom is 0.241 e. The molecule has 1 saturated heterocycles. The van der Waals surface area contributed by atoms with Crippen LogP contribution in [-0.2, 0) is 11.2 Å². The van der Waals surface area contributed by atoms with Gasteiger partial charge in [0.1, 0.15) is 0 Å². The fourth-order valence-electron chi connectivity index (χ4n) is 2.81. The molecule has 2 atom stereocenters. The van der Waals surface area contributed by atoms with Crippen molar-refractivity contribution in [3.63, 3.8) is 0 Å². The van der Waals surface area contributed by atoms with Crippen LogP contribution in [-0.4, -0.2) is 34.5 Å². The summed E-state index contributed by atoms with van der Waals surface area (Å²) in [7, 11) is 0. The van der Waals surface area contributed by atoms with Crippen LogP contribution >= 0.6 is 23.5 Å². The topological polar surface area (TPSA) is 20.3 Å². The highest BCUT2D eigenvalue weighted by molar-refractivity contribution is 8.07. The first-order chi connectivity index (χ1) is 9.27. The summed E-state index contributed by atoms with van der Waals surface area (Å²) in [5.41, 5.74) is 2.46. The van der Waals surface area contributed by atoms with E-state index in [-0.39, 0.29) is 5.25 Å². The smallest absolute Gasteiger partial charge is 0.241 e. The van der Waals surface area contributed by atoms with E-state index in [1.807, 2.05) is 29.6 Å². The number of thioether (sulfide) groups is 2. The molecule has 0 bridgehead atoms. The summed E-state index contributed by atoms with van der Waals surface area (Å²) < 4.78 is 0. The van der Waals surface area contributed by atoms with Gasteiger partial charge in [0, 0.05) is 29.0 Å². The van der Waals surface area contributed by atoms with Crippen LogP contribution in [0.5, 0.6) is 0 Å². The number of carbonyl (C=O) groups is 1. The predicted molar refractivity (Wildman–Crippen MR) is 85.3 cm³/mol. The van der Waals surface area contributed by atoms with Crippen LogP contribution in [0.1, 0.15) is 18.9 Å². The second-order valence-electron chi connectivity index (χ2n) is 5.16. The van der Waals surface area contributed by atoms with Crippen molar-refractivity contribution in [1.29, 1.82) is 0 Å². The molecule has 2 unspecified atom stereocenters. The van der Waals surface area contributed by atoms with Gasteiger partial charge in [0.05, 0.1) is 5.25 Å². The molecule has 0 spiro atoms. The van der Waals surface area contributed by atoms with Gasteiger partial charge in [-0.15, -0.1) is 11.8 Å². The first kappa shape index (κ1) is 13.4. The fraction of sp³-hybridized carbons (Fsp3) is 0.533. The molecule has 2 nitrogen and oxygen atoms in total. The van der Waals surface area contributed by atoms with Gasteiger partial charge in [0.25, 0.3) is 0 Å². The second kappa shape index (κ2) is 5.80. The monoisotopic (exact) mass is 293 g/mol. The Hall–Kier alpha value is -0.610. The molecule has 3 rings (SSSR count). The number of anilines is 1. The Morgan fingerprint density at radius 3 is 2.95 bits per heavy atom. The van der Waals surface area contributed by atoms with Gasteiger partial charge in [-0.25, -0.2) is 0 Å². The maximum absolute atomic E-state index is 12.8. The summed E-state index contributed by atoms with van der Waals surface area (Å²) in [6, 6.07) is 8.70. The van der Waals surface area contributed by atoms with E-state index in [1.54, 1.807) is 0 Å². The SMILES string of the molecule is CC1CCc2ccccc2N1C(=O)C1CSCCS1. The Balaban J connectivity index is 1.88. The van der Waals surface area contributed by atoms with Crippen LogP contribution in [0, 0.1) is 0 Å². The molecule has 1 fully saturated rings. The largest absolute Gasteiger partial charge is 0.308 e. The van der Waals surface area contributed by atoms with Crippen molar-refractivity contribution >= 4 is 35.1 Å². The van der Waals surface area contributed by atoms with Crippen LogP contribution < -0.4 is 4.90 Å². The number of fused-ring (bicyclic) bond motifs is 1. The lowest BCUT2D eigenvalue weighted by Crippen LogP contribution is -2.47. The highest BCUT2D eigenvalue weighted by Crippen LogP contribution is 2.34. The molecule has 0 aliphatic carbocycles. The number of hydrogen-bond donors (Lipinski definition) is 0. The summed E-state index contributed by atoms with van der Waals surface area (Å²) in [6.45, 7) is 2.18. The lowest BCUT2D eigenvalue weighted by molar-refractivity contribution is -0.118. The van der Waals surface area contributed by atoms with Crippen LogP contribution in [0.3, 0.4) is 0 Å². The average Bonchev–Trinajstić information content (AvgIpc) is 2.47. The van der Waals surface area contributed by atoms with Crippen LogP contribution in [0.15, 0.2) is 24.3 Å². The third kappa shape index (κ3) is 2.65. The Labute approximate surface area is 123 Å². The first-order valence-corrected chi connectivity index (χ1v) is 9.08. The van der Waals surface area contributed by atoms with Crippen molar-refractivity contribution in [3.8, 4) is 0 Å². The number of hydrogen-bond acceptors (Lipinski definition) is 3. The fourth-order valence-corrected chi connectivity index (χ4v) is 5.40. The van der Waals surface area contributed by atoms with Gasteiger partial charge in [-0.3, -0.25) is 4.79 Å². The normalized spacial score (nSPS) is 26.9. The zero-order chi connectivity index (χ0) is 13.2. The van der Waals surface area contributed by atoms with Gasteiger partial charge in [-0.1, -0.05) is 18.2 Å². The predicted octanol–water partition coefficient (Wildman–Crippen LogP) is 3.20. The molecule has 4 heteroatoms. The number of nitrogens with zero attached hydrogens (tertiary/aromatic N) is 1. The van der Waals surface area contributed by atoms with E-state index in [0.29, 0.717) is 11.9 Å². The van der Waals surface area contributed by atoms with E-state index in [1.165, 1.54) is 11.3 Å². The van der Waals surface area contributed by atoms with Crippen molar-refractivity contribution in [2.45, 2.75) is 31.1 Å².